The van der Waals surface area contributed by atoms with E-state index in [1.807, 2.05) is 13.8 Å². The fourth-order valence-electron chi connectivity index (χ4n) is 2.15. The highest BCUT2D eigenvalue weighted by Gasteiger charge is 2.29. The minimum atomic E-state index is -3.51. The van der Waals surface area contributed by atoms with E-state index < -0.39 is 10.0 Å². The van der Waals surface area contributed by atoms with Crippen molar-refractivity contribution in [2.45, 2.75) is 18.7 Å². The summed E-state index contributed by atoms with van der Waals surface area (Å²) in [5.41, 5.74) is 1.37. The number of hydrogen-bond donors (Lipinski definition) is 3. The standard InChI is InChI=1S/C14H21N3O3S/c1-9-4-5-12(21(19,20)15-3)6-13(9)17-14(18)10(2)11-7-16-8-11/h4-6,10-11,15-16H,7-8H2,1-3H3,(H,17,18). The number of hydrogen-bond acceptors (Lipinski definition) is 4. The molecule has 0 spiro atoms. The van der Waals surface area contributed by atoms with Gasteiger partial charge in [0.1, 0.15) is 0 Å². The van der Waals surface area contributed by atoms with Crippen molar-refractivity contribution in [2.24, 2.45) is 11.8 Å². The van der Waals surface area contributed by atoms with Crippen LogP contribution in [0.25, 0.3) is 0 Å². The Kier molecular flexibility index (Phi) is 4.65. The van der Waals surface area contributed by atoms with Crippen LogP contribution in [0.15, 0.2) is 23.1 Å². The van der Waals surface area contributed by atoms with E-state index in [1.54, 1.807) is 6.07 Å². The fraction of sp³-hybridized carbons (Fsp3) is 0.500. The maximum atomic E-state index is 12.2. The monoisotopic (exact) mass is 311 g/mol. The molecular formula is C14H21N3O3S. The first-order valence-electron chi connectivity index (χ1n) is 6.91. The normalized spacial score (nSPS) is 17.1. The number of amides is 1. The Morgan fingerprint density at radius 2 is 2.05 bits per heavy atom. The molecule has 1 unspecified atom stereocenters. The summed E-state index contributed by atoms with van der Waals surface area (Å²) < 4.78 is 25.9. The van der Waals surface area contributed by atoms with E-state index in [0.29, 0.717) is 11.6 Å². The summed E-state index contributed by atoms with van der Waals surface area (Å²) >= 11 is 0. The summed E-state index contributed by atoms with van der Waals surface area (Å²) in [6, 6.07) is 4.70. The Bertz CT molecular complexity index is 639. The Morgan fingerprint density at radius 3 is 2.57 bits per heavy atom. The Hall–Kier alpha value is -1.44. The van der Waals surface area contributed by atoms with Crippen LogP contribution in [-0.4, -0.2) is 34.5 Å². The van der Waals surface area contributed by atoms with Crippen LogP contribution in [0.3, 0.4) is 0 Å². The van der Waals surface area contributed by atoms with Crippen LogP contribution in [0, 0.1) is 18.8 Å². The fourth-order valence-corrected chi connectivity index (χ4v) is 2.90. The van der Waals surface area contributed by atoms with Gasteiger partial charge in [0.25, 0.3) is 0 Å². The average Bonchev–Trinajstić information content (AvgIpc) is 2.38. The molecule has 7 heteroatoms. The second-order valence-corrected chi connectivity index (χ2v) is 7.27. The van der Waals surface area contributed by atoms with Gasteiger partial charge in [-0.05, 0) is 50.7 Å². The summed E-state index contributed by atoms with van der Waals surface area (Å²) in [4.78, 5) is 12.4. The largest absolute Gasteiger partial charge is 0.326 e. The van der Waals surface area contributed by atoms with E-state index >= 15 is 0 Å². The van der Waals surface area contributed by atoms with Crippen molar-refractivity contribution in [1.29, 1.82) is 0 Å². The van der Waals surface area contributed by atoms with Gasteiger partial charge in [0.2, 0.25) is 15.9 Å². The summed E-state index contributed by atoms with van der Waals surface area (Å²) in [5.74, 6) is 0.161. The number of carbonyl (C=O) groups is 1. The molecule has 1 saturated heterocycles. The summed E-state index contributed by atoms with van der Waals surface area (Å²) in [5, 5.41) is 5.98. The topological polar surface area (TPSA) is 87.3 Å². The van der Waals surface area contributed by atoms with Gasteiger partial charge in [-0.1, -0.05) is 13.0 Å². The van der Waals surface area contributed by atoms with Crippen LogP contribution in [-0.2, 0) is 14.8 Å². The third kappa shape index (κ3) is 3.42. The van der Waals surface area contributed by atoms with Gasteiger partial charge in [-0.2, -0.15) is 0 Å². The van der Waals surface area contributed by atoms with Crippen molar-refractivity contribution in [3.05, 3.63) is 23.8 Å². The van der Waals surface area contributed by atoms with Crippen LogP contribution in [0.4, 0.5) is 5.69 Å². The third-order valence-electron chi connectivity index (χ3n) is 3.98. The number of rotatable bonds is 5. The highest BCUT2D eigenvalue weighted by atomic mass is 32.2. The summed E-state index contributed by atoms with van der Waals surface area (Å²) in [6.07, 6.45) is 0. The molecule has 0 aromatic heterocycles. The number of nitrogens with one attached hydrogen (secondary N) is 3. The maximum Gasteiger partial charge on any atom is 0.240 e. The molecule has 0 aliphatic carbocycles. The molecule has 1 aromatic rings. The second kappa shape index (κ2) is 6.13. The molecule has 1 atom stereocenters. The lowest BCUT2D eigenvalue weighted by Crippen LogP contribution is -2.48. The number of sulfonamides is 1. The van der Waals surface area contributed by atoms with Gasteiger partial charge in [-0.25, -0.2) is 13.1 Å². The molecule has 2 rings (SSSR count). The van der Waals surface area contributed by atoms with Gasteiger partial charge in [0.05, 0.1) is 4.90 Å². The van der Waals surface area contributed by atoms with Gasteiger partial charge in [0, 0.05) is 11.6 Å². The number of benzene rings is 1. The number of carbonyl (C=O) groups excluding carboxylic acids is 1. The van der Waals surface area contributed by atoms with Crippen molar-refractivity contribution >= 4 is 21.6 Å². The zero-order valence-corrected chi connectivity index (χ0v) is 13.3. The van der Waals surface area contributed by atoms with Gasteiger partial charge in [-0.3, -0.25) is 4.79 Å². The van der Waals surface area contributed by atoms with Crippen LogP contribution < -0.4 is 15.4 Å². The van der Waals surface area contributed by atoms with Crippen molar-refractivity contribution in [3.8, 4) is 0 Å². The Morgan fingerprint density at radius 1 is 1.38 bits per heavy atom. The van der Waals surface area contributed by atoms with E-state index in [4.69, 9.17) is 0 Å². The highest BCUT2D eigenvalue weighted by Crippen LogP contribution is 2.23. The lowest BCUT2D eigenvalue weighted by atomic mass is 9.88. The van der Waals surface area contributed by atoms with Gasteiger partial charge < -0.3 is 10.6 Å². The van der Waals surface area contributed by atoms with Crippen LogP contribution in [0.5, 0.6) is 0 Å². The first-order chi connectivity index (χ1) is 9.85. The van der Waals surface area contributed by atoms with Crippen molar-refractivity contribution in [2.75, 3.05) is 25.5 Å². The zero-order chi connectivity index (χ0) is 15.6. The first-order valence-corrected chi connectivity index (χ1v) is 8.39. The lowest BCUT2D eigenvalue weighted by Gasteiger charge is -2.31. The Labute approximate surface area is 125 Å². The van der Waals surface area contributed by atoms with Gasteiger partial charge >= 0.3 is 0 Å². The van der Waals surface area contributed by atoms with Crippen LogP contribution in [0.1, 0.15) is 12.5 Å². The van der Waals surface area contributed by atoms with Crippen molar-refractivity contribution < 1.29 is 13.2 Å². The lowest BCUT2D eigenvalue weighted by molar-refractivity contribution is -0.121. The van der Waals surface area contributed by atoms with Crippen LogP contribution in [0.2, 0.25) is 0 Å². The first kappa shape index (κ1) is 15.9. The summed E-state index contributed by atoms with van der Waals surface area (Å²) in [6.45, 7) is 5.43. The van der Waals surface area contributed by atoms with E-state index in [-0.39, 0.29) is 16.7 Å². The quantitative estimate of drug-likeness (QED) is 0.747. The van der Waals surface area contributed by atoms with Gasteiger partial charge in [0.15, 0.2) is 0 Å². The minimum absolute atomic E-state index is 0.0800. The SMILES string of the molecule is CNS(=O)(=O)c1ccc(C)c(NC(=O)C(C)C2CNC2)c1. The third-order valence-corrected chi connectivity index (χ3v) is 5.39. The molecule has 116 valence electrons. The van der Waals surface area contributed by atoms with Crippen molar-refractivity contribution in [1.82, 2.24) is 10.0 Å². The maximum absolute atomic E-state index is 12.2. The number of aryl methyl sites for hydroxylation is 1. The molecule has 1 aliphatic heterocycles. The predicted octanol–water partition coefficient (Wildman–Crippen LogP) is 0.697. The molecule has 0 radical (unpaired) electrons. The molecule has 1 aliphatic rings. The van der Waals surface area contributed by atoms with E-state index in [2.05, 4.69) is 15.4 Å². The van der Waals surface area contributed by atoms with E-state index in [0.717, 1.165) is 18.7 Å². The highest BCUT2D eigenvalue weighted by molar-refractivity contribution is 7.89. The van der Waals surface area contributed by atoms with Crippen LogP contribution >= 0.6 is 0 Å². The zero-order valence-electron chi connectivity index (χ0n) is 12.4. The van der Waals surface area contributed by atoms with Gasteiger partial charge in [-0.15, -0.1) is 0 Å². The molecule has 0 bridgehead atoms. The second-order valence-electron chi connectivity index (χ2n) is 5.38. The van der Waals surface area contributed by atoms with E-state index in [1.165, 1.54) is 19.2 Å². The molecular weight excluding hydrogens is 290 g/mol. The molecule has 0 saturated carbocycles. The predicted molar refractivity (Wildman–Crippen MR) is 81.6 cm³/mol. The molecule has 1 fully saturated rings. The summed E-state index contributed by atoms with van der Waals surface area (Å²) in [7, 11) is -2.15. The number of anilines is 1. The Balaban J connectivity index is 2.19. The smallest absolute Gasteiger partial charge is 0.240 e. The molecule has 6 nitrogen and oxygen atoms in total. The molecule has 21 heavy (non-hydrogen) atoms. The molecule has 3 N–H and O–H groups in total. The molecule has 1 aromatic carbocycles. The van der Waals surface area contributed by atoms with Crippen molar-refractivity contribution in [3.63, 3.8) is 0 Å². The average molecular weight is 311 g/mol. The molecule has 1 amide bonds. The minimum Gasteiger partial charge on any atom is -0.326 e. The van der Waals surface area contributed by atoms with E-state index in [9.17, 15) is 13.2 Å². The molecule has 1 heterocycles.